The average Bonchev–Trinajstić information content (AvgIpc) is 2.59. The first-order chi connectivity index (χ1) is 6.13. The fourth-order valence-electron chi connectivity index (χ4n) is 1.11. The Morgan fingerprint density at radius 1 is 1.54 bits per heavy atom. The topological polar surface area (TPSA) is 72.7 Å². The van der Waals surface area contributed by atoms with E-state index in [9.17, 15) is 9.59 Å². The van der Waals surface area contributed by atoms with Crippen molar-refractivity contribution < 1.29 is 0 Å². The number of halogens is 1. The second kappa shape index (κ2) is 2.56. The summed E-state index contributed by atoms with van der Waals surface area (Å²) in [6.07, 6.45) is 1.37. The van der Waals surface area contributed by atoms with Crippen molar-refractivity contribution in [2.45, 2.75) is 0 Å². The summed E-state index contributed by atoms with van der Waals surface area (Å²) in [7, 11) is 1.54. The van der Waals surface area contributed by atoms with Crippen LogP contribution in [-0.2, 0) is 7.05 Å². The minimum atomic E-state index is -0.454. The highest BCUT2D eigenvalue weighted by atomic mass is 79.9. The molecule has 0 aliphatic heterocycles. The van der Waals surface area contributed by atoms with Gasteiger partial charge in [0.2, 0.25) is 0 Å². The Morgan fingerprint density at radius 3 is 2.92 bits per heavy atom. The van der Waals surface area contributed by atoms with Gasteiger partial charge in [-0.25, -0.2) is 9.78 Å². The van der Waals surface area contributed by atoms with Crippen LogP contribution in [0, 0.1) is 0 Å². The first-order valence-corrected chi connectivity index (χ1v) is 4.15. The Bertz CT molecular complexity index is 578. The molecule has 0 saturated heterocycles. The normalized spacial score (nSPS) is 10.9. The van der Waals surface area contributed by atoms with Gasteiger partial charge in [-0.1, -0.05) is 0 Å². The third kappa shape index (κ3) is 0.966. The maximum Gasteiger partial charge on any atom is 0.342 e. The molecule has 0 aromatic carbocycles. The number of hydrogen-bond donors (Lipinski definition) is 1. The van der Waals surface area contributed by atoms with E-state index in [4.69, 9.17) is 0 Å². The van der Waals surface area contributed by atoms with Gasteiger partial charge in [-0.3, -0.25) is 9.36 Å². The molecule has 68 valence electrons. The SMILES string of the molecule is Cn1c(=O)n(Br)c(=O)c2[nH]cnc21. The molecule has 0 aliphatic carbocycles. The zero-order chi connectivity index (χ0) is 9.59. The van der Waals surface area contributed by atoms with Crippen LogP contribution in [0.25, 0.3) is 11.2 Å². The maximum atomic E-state index is 11.4. The van der Waals surface area contributed by atoms with Gasteiger partial charge in [0.15, 0.2) is 11.2 Å². The summed E-state index contributed by atoms with van der Waals surface area (Å²) in [4.78, 5) is 29.2. The Hall–Kier alpha value is -1.37. The fraction of sp³-hybridized carbons (Fsp3) is 0.167. The largest absolute Gasteiger partial charge is 0.342 e. The summed E-state index contributed by atoms with van der Waals surface area (Å²) >= 11 is 2.86. The standard InChI is InChI=1S/C6H5BrN4O2/c1-10-4-3(8-2-9-4)5(12)11(7)6(10)13/h2H,1H3,(H,8,9). The van der Waals surface area contributed by atoms with Gasteiger partial charge in [0, 0.05) is 7.05 Å². The molecule has 6 nitrogen and oxygen atoms in total. The molecular weight excluding hydrogens is 240 g/mol. The lowest BCUT2D eigenvalue weighted by Crippen LogP contribution is -2.33. The van der Waals surface area contributed by atoms with Crippen LogP contribution in [0.4, 0.5) is 0 Å². The van der Waals surface area contributed by atoms with Gasteiger partial charge < -0.3 is 4.98 Å². The van der Waals surface area contributed by atoms with Crippen molar-refractivity contribution in [3.63, 3.8) is 0 Å². The number of nitrogens with one attached hydrogen (secondary N) is 1. The number of rotatable bonds is 0. The average molecular weight is 245 g/mol. The van der Waals surface area contributed by atoms with Gasteiger partial charge in [0.1, 0.15) is 0 Å². The van der Waals surface area contributed by atoms with E-state index in [-0.39, 0.29) is 0 Å². The molecule has 0 amide bonds. The molecular formula is C6H5BrN4O2. The second-order valence-corrected chi connectivity index (χ2v) is 3.24. The van der Waals surface area contributed by atoms with E-state index in [1.54, 1.807) is 7.05 Å². The van der Waals surface area contributed by atoms with E-state index in [2.05, 4.69) is 26.1 Å². The van der Waals surface area contributed by atoms with Gasteiger partial charge in [0.05, 0.1) is 22.5 Å². The predicted octanol–water partition coefficient (Wildman–Crippen LogP) is -0.419. The van der Waals surface area contributed by atoms with Crippen molar-refractivity contribution in [1.82, 2.24) is 18.1 Å². The highest BCUT2D eigenvalue weighted by Crippen LogP contribution is 1.99. The summed E-state index contributed by atoms with van der Waals surface area (Å²) in [6, 6.07) is 0. The number of fused-ring (bicyclic) bond motifs is 1. The van der Waals surface area contributed by atoms with Crippen molar-refractivity contribution in [2.24, 2.45) is 7.05 Å². The first-order valence-electron chi connectivity index (χ1n) is 3.44. The van der Waals surface area contributed by atoms with Crippen LogP contribution in [0.15, 0.2) is 15.9 Å². The van der Waals surface area contributed by atoms with Gasteiger partial charge in [-0.2, -0.15) is 3.59 Å². The number of aryl methyl sites for hydroxylation is 1. The number of aromatic nitrogens is 4. The number of imidazole rings is 1. The molecule has 2 rings (SSSR count). The van der Waals surface area contributed by atoms with Gasteiger partial charge in [-0.15, -0.1) is 0 Å². The highest BCUT2D eigenvalue weighted by molar-refractivity contribution is 9.08. The molecule has 0 spiro atoms. The molecule has 2 heterocycles. The second-order valence-electron chi connectivity index (χ2n) is 2.53. The summed E-state index contributed by atoms with van der Waals surface area (Å²) < 4.78 is 2.13. The summed E-state index contributed by atoms with van der Waals surface area (Å²) in [5.41, 5.74) is -0.232. The van der Waals surface area contributed by atoms with Crippen LogP contribution in [0.1, 0.15) is 0 Å². The molecule has 0 radical (unpaired) electrons. The summed E-state index contributed by atoms with van der Waals surface area (Å²) in [6.45, 7) is 0. The van der Waals surface area contributed by atoms with E-state index in [0.29, 0.717) is 11.2 Å². The third-order valence-electron chi connectivity index (χ3n) is 1.78. The van der Waals surface area contributed by atoms with Crippen LogP contribution >= 0.6 is 16.1 Å². The van der Waals surface area contributed by atoms with E-state index in [0.717, 1.165) is 3.59 Å². The molecule has 2 aromatic heterocycles. The molecule has 0 aliphatic rings. The monoisotopic (exact) mass is 244 g/mol. The lowest BCUT2D eigenvalue weighted by atomic mass is 10.5. The zero-order valence-corrected chi connectivity index (χ0v) is 8.20. The Morgan fingerprint density at radius 2 is 2.23 bits per heavy atom. The van der Waals surface area contributed by atoms with Crippen LogP contribution in [0.5, 0.6) is 0 Å². The molecule has 2 aromatic rings. The van der Waals surface area contributed by atoms with Crippen LogP contribution in [0.3, 0.4) is 0 Å². The maximum absolute atomic E-state index is 11.4. The fourth-order valence-corrected chi connectivity index (χ4v) is 1.52. The smallest absolute Gasteiger partial charge is 0.339 e. The van der Waals surface area contributed by atoms with Crippen LogP contribution in [0.2, 0.25) is 0 Å². The van der Waals surface area contributed by atoms with Gasteiger partial charge in [0.25, 0.3) is 5.56 Å². The van der Waals surface area contributed by atoms with Crippen molar-refractivity contribution in [1.29, 1.82) is 0 Å². The molecule has 7 heteroatoms. The molecule has 0 atom stereocenters. The Balaban J connectivity index is 3.21. The number of H-pyrrole nitrogens is 1. The van der Waals surface area contributed by atoms with E-state index in [1.165, 1.54) is 10.9 Å². The first kappa shape index (κ1) is 8.24. The van der Waals surface area contributed by atoms with Crippen molar-refractivity contribution in [2.75, 3.05) is 0 Å². The van der Waals surface area contributed by atoms with E-state index < -0.39 is 11.2 Å². The lowest BCUT2D eigenvalue weighted by molar-refractivity contribution is 0.817. The van der Waals surface area contributed by atoms with E-state index in [1.807, 2.05) is 0 Å². The quantitative estimate of drug-likeness (QED) is 0.685. The number of nitrogens with zero attached hydrogens (tertiary/aromatic N) is 3. The van der Waals surface area contributed by atoms with Crippen molar-refractivity contribution in [3.8, 4) is 0 Å². The van der Waals surface area contributed by atoms with E-state index >= 15 is 0 Å². The van der Waals surface area contributed by atoms with Crippen molar-refractivity contribution >= 4 is 27.3 Å². The molecule has 0 saturated carbocycles. The minimum absolute atomic E-state index is 0.305. The summed E-state index contributed by atoms with van der Waals surface area (Å²) in [5.74, 6) is 0. The molecule has 0 bridgehead atoms. The molecule has 13 heavy (non-hydrogen) atoms. The van der Waals surface area contributed by atoms with Gasteiger partial charge in [-0.05, 0) is 0 Å². The molecule has 1 N–H and O–H groups in total. The predicted molar refractivity (Wildman–Crippen MR) is 49.9 cm³/mol. The van der Waals surface area contributed by atoms with Crippen LogP contribution in [-0.4, -0.2) is 18.1 Å². The highest BCUT2D eigenvalue weighted by Gasteiger charge is 2.10. The zero-order valence-electron chi connectivity index (χ0n) is 6.61. The van der Waals surface area contributed by atoms with Gasteiger partial charge >= 0.3 is 5.69 Å². The van der Waals surface area contributed by atoms with Crippen LogP contribution < -0.4 is 11.2 Å². The Kier molecular flexibility index (Phi) is 1.62. The molecule has 0 fully saturated rings. The lowest BCUT2D eigenvalue weighted by Gasteiger charge is -1.99. The van der Waals surface area contributed by atoms with Crippen molar-refractivity contribution in [3.05, 3.63) is 27.2 Å². The number of hydrogen-bond acceptors (Lipinski definition) is 3. The minimum Gasteiger partial charge on any atom is -0.339 e. The number of aromatic amines is 1. The summed E-state index contributed by atoms with van der Waals surface area (Å²) in [5, 5.41) is 0. The third-order valence-corrected chi connectivity index (χ3v) is 2.41. The Labute approximate surface area is 80.2 Å². The molecule has 0 unspecified atom stereocenters.